The number of rotatable bonds is 3. The van der Waals surface area contributed by atoms with E-state index in [-0.39, 0.29) is 23.7 Å². The first kappa shape index (κ1) is 14.1. The van der Waals surface area contributed by atoms with E-state index in [9.17, 15) is 4.79 Å². The average molecular weight is 259 g/mol. The maximum Gasteiger partial charge on any atom is 0.286 e. The number of hydrogen-bond donors (Lipinski definition) is 2. The van der Waals surface area contributed by atoms with Crippen molar-refractivity contribution in [3.8, 4) is 0 Å². The number of halogens is 1. The molecule has 1 amide bonds. The zero-order valence-electron chi connectivity index (χ0n) is 9.99. The fraction of sp³-hybridized carbons (Fsp3) is 0.583. The number of nitrogens with one attached hydrogen (secondary N) is 2. The van der Waals surface area contributed by atoms with Gasteiger partial charge in [-0.15, -0.1) is 12.4 Å². The molecule has 0 unspecified atom stereocenters. The molecule has 0 radical (unpaired) electrons. The van der Waals surface area contributed by atoms with Crippen LogP contribution in [0, 0.1) is 5.41 Å². The highest BCUT2D eigenvalue weighted by Gasteiger charge is 2.27. The molecule has 2 rings (SSSR count). The third-order valence-electron chi connectivity index (χ3n) is 3.23. The molecule has 96 valence electrons. The van der Waals surface area contributed by atoms with Gasteiger partial charge in [0, 0.05) is 6.54 Å². The van der Waals surface area contributed by atoms with Gasteiger partial charge in [0.2, 0.25) is 0 Å². The van der Waals surface area contributed by atoms with Crippen LogP contribution in [-0.4, -0.2) is 25.5 Å². The summed E-state index contributed by atoms with van der Waals surface area (Å²) in [5.41, 5.74) is 0.216. The lowest BCUT2D eigenvalue weighted by Crippen LogP contribution is -2.42. The van der Waals surface area contributed by atoms with Crippen LogP contribution in [0.5, 0.6) is 0 Å². The van der Waals surface area contributed by atoms with Gasteiger partial charge in [-0.2, -0.15) is 0 Å². The van der Waals surface area contributed by atoms with Gasteiger partial charge >= 0.3 is 0 Å². The van der Waals surface area contributed by atoms with Gasteiger partial charge in [-0.05, 0) is 43.5 Å². The maximum atomic E-state index is 11.7. The Kier molecular flexibility index (Phi) is 5.02. The number of carbonyl (C=O) groups is 1. The van der Waals surface area contributed by atoms with Crippen molar-refractivity contribution in [3.05, 3.63) is 24.2 Å². The molecule has 1 aromatic rings. The minimum Gasteiger partial charge on any atom is -0.459 e. The van der Waals surface area contributed by atoms with Crippen molar-refractivity contribution in [2.75, 3.05) is 19.6 Å². The van der Waals surface area contributed by atoms with Crippen LogP contribution in [0.2, 0.25) is 0 Å². The summed E-state index contributed by atoms with van der Waals surface area (Å²) >= 11 is 0. The molecular weight excluding hydrogens is 240 g/mol. The van der Waals surface area contributed by atoms with Gasteiger partial charge in [-0.3, -0.25) is 4.79 Å². The molecule has 1 aromatic heterocycles. The van der Waals surface area contributed by atoms with Crippen LogP contribution in [0.1, 0.15) is 30.3 Å². The highest BCUT2D eigenvalue weighted by Crippen LogP contribution is 2.26. The smallest absolute Gasteiger partial charge is 0.286 e. The average Bonchev–Trinajstić information content (AvgIpc) is 2.80. The molecular formula is C12H19ClN2O2. The summed E-state index contributed by atoms with van der Waals surface area (Å²) in [6.45, 7) is 5.00. The van der Waals surface area contributed by atoms with E-state index in [1.807, 2.05) is 0 Å². The number of furan rings is 1. The van der Waals surface area contributed by atoms with Gasteiger partial charge in [-0.25, -0.2) is 0 Å². The number of amides is 1. The summed E-state index contributed by atoms with van der Waals surface area (Å²) in [5, 5.41) is 6.26. The fourth-order valence-corrected chi connectivity index (χ4v) is 2.00. The lowest BCUT2D eigenvalue weighted by molar-refractivity contribution is 0.0894. The molecule has 0 bridgehead atoms. The number of piperidine rings is 1. The molecule has 0 spiro atoms. The molecule has 17 heavy (non-hydrogen) atoms. The predicted octanol–water partition coefficient (Wildman–Crippen LogP) is 1.82. The first-order valence-corrected chi connectivity index (χ1v) is 5.72. The first-order chi connectivity index (χ1) is 7.70. The normalized spacial score (nSPS) is 18.2. The van der Waals surface area contributed by atoms with Gasteiger partial charge in [0.05, 0.1) is 6.26 Å². The zero-order chi connectivity index (χ0) is 11.4. The van der Waals surface area contributed by atoms with Gasteiger partial charge in [0.1, 0.15) is 0 Å². The van der Waals surface area contributed by atoms with Crippen molar-refractivity contribution in [3.63, 3.8) is 0 Å². The van der Waals surface area contributed by atoms with E-state index >= 15 is 0 Å². The Morgan fingerprint density at radius 1 is 1.53 bits per heavy atom. The summed E-state index contributed by atoms with van der Waals surface area (Å²) in [6.07, 6.45) is 3.72. The van der Waals surface area contributed by atoms with Crippen LogP contribution in [0.3, 0.4) is 0 Å². The Hall–Kier alpha value is -1.00. The molecule has 1 aliphatic heterocycles. The summed E-state index contributed by atoms with van der Waals surface area (Å²) in [5.74, 6) is 0.266. The Morgan fingerprint density at radius 2 is 2.24 bits per heavy atom. The highest BCUT2D eigenvalue weighted by atomic mass is 35.5. The first-order valence-electron chi connectivity index (χ1n) is 5.72. The number of carbonyl (C=O) groups excluding carboxylic acids is 1. The molecule has 0 saturated carbocycles. The SMILES string of the molecule is CC1(CNC(=O)c2ccco2)CCNCC1.Cl. The van der Waals surface area contributed by atoms with Crippen LogP contribution < -0.4 is 10.6 Å². The Labute approximate surface area is 108 Å². The molecule has 0 aliphatic carbocycles. The molecule has 2 N–H and O–H groups in total. The van der Waals surface area contributed by atoms with Crippen molar-refractivity contribution in [1.29, 1.82) is 0 Å². The van der Waals surface area contributed by atoms with Crippen molar-refractivity contribution < 1.29 is 9.21 Å². The van der Waals surface area contributed by atoms with E-state index in [0.717, 1.165) is 25.9 Å². The summed E-state index contributed by atoms with van der Waals surface area (Å²) < 4.78 is 5.04. The van der Waals surface area contributed by atoms with Crippen LogP contribution in [0.25, 0.3) is 0 Å². The van der Waals surface area contributed by atoms with Crippen LogP contribution in [0.4, 0.5) is 0 Å². The summed E-state index contributed by atoms with van der Waals surface area (Å²) in [7, 11) is 0. The second-order valence-corrected chi connectivity index (χ2v) is 4.72. The topological polar surface area (TPSA) is 54.3 Å². The van der Waals surface area contributed by atoms with E-state index in [2.05, 4.69) is 17.6 Å². The molecule has 2 heterocycles. The molecule has 1 aliphatic rings. The maximum absolute atomic E-state index is 11.7. The molecule has 0 aromatic carbocycles. The van der Waals surface area contributed by atoms with E-state index in [0.29, 0.717) is 12.3 Å². The standard InChI is InChI=1S/C12H18N2O2.ClH/c1-12(4-6-13-7-5-12)9-14-11(15)10-3-2-8-16-10;/h2-3,8,13H,4-7,9H2,1H3,(H,14,15);1H. The van der Waals surface area contributed by atoms with E-state index in [4.69, 9.17) is 4.42 Å². The van der Waals surface area contributed by atoms with Crippen LogP contribution in [0.15, 0.2) is 22.8 Å². The van der Waals surface area contributed by atoms with Gasteiger partial charge < -0.3 is 15.1 Å². The van der Waals surface area contributed by atoms with E-state index in [1.165, 1.54) is 6.26 Å². The predicted molar refractivity (Wildman–Crippen MR) is 68.5 cm³/mol. The summed E-state index contributed by atoms with van der Waals surface area (Å²) in [4.78, 5) is 11.7. The van der Waals surface area contributed by atoms with Crippen molar-refractivity contribution in [1.82, 2.24) is 10.6 Å². The quantitative estimate of drug-likeness (QED) is 0.870. The highest BCUT2D eigenvalue weighted by molar-refractivity contribution is 5.91. The van der Waals surface area contributed by atoms with Crippen molar-refractivity contribution in [2.24, 2.45) is 5.41 Å². The lowest BCUT2D eigenvalue weighted by atomic mass is 9.81. The molecule has 1 fully saturated rings. The Balaban J connectivity index is 0.00000144. The lowest BCUT2D eigenvalue weighted by Gasteiger charge is -2.33. The Bertz CT molecular complexity index is 345. The van der Waals surface area contributed by atoms with E-state index in [1.54, 1.807) is 12.1 Å². The molecule has 5 heteroatoms. The number of hydrogen-bond acceptors (Lipinski definition) is 3. The minimum absolute atomic E-state index is 0. The third-order valence-corrected chi connectivity index (χ3v) is 3.23. The minimum atomic E-state index is -0.121. The molecule has 4 nitrogen and oxygen atoms in total. The second kappa shape index (κ2) is 6.07. The largest absolute Gasteiger partial charge is 0.459 e. The third kappa shape index (κ3) is 3.75. The second-order valence-electron chi connectivity index (χ2n) is 4.72. The Morgan fingerprint density at radius 3 is 2.82 bits per heavy atom. The van der Waals surface area contributed by atoms with Crippen molar-refractivity contribution >= 4 is 18.3 Å². The van der Waals surface area contributed by atoms with E-state index < -0.39 is 0 Å². The monoisotopic (exact) mass is 258 g/mol. The van der Waals surface area contributed by atoms with Gasteiger partial charge in [0.15, 0.2) is 5.76 Å². The molecule has 1 saturated heterocycles. The van der Waals surface area contributed by atoms with Crippen LogP contribution in [-0.2, 0) is 0 Å². The summed E-state index contributed by atoms with van der Waals surface area (Å²) in [6, 6.07) is 3.40. The fourth-order valence-electron chi connectivity index (χ4n) is 2.00. The zero-order valence-corrected chi connectivity index (χ0v) is 10.8. The van der Waals surface area contributed by atoms with Crippen molar-refractivity contribution in [2.45, 2.75) is 19.8 Å². The molecule has 0 atom stereocenters. The van der Waals surface area contributed by atoms with Gasteiger partial charge in [0.25, 0.3) is 5.91 Å². The van der Waals surface area contributed by atoms with Gasteiger partial charge in [-0.1, -0.05) is 6.92 Å². The van der Waals surface area contributed by atoms with Crippen LogP contribution >= 0.6 is 12.4 Å².